The van der Waals surface area contributed by atoms with Gasteiger partial charge in [-0.05, 0) is 36.0 Å². The second kappa shape index (κ2) is 6.92. The molecule has 1 N–H and O–H groups in total. The van der Waals surface area contributed by atoms with Crippen LogP contribution in [0, 0.1) is 5.41 Å². The molecular formula is C16H26O3. The van der Waals surface area contributed by atoms with E-state index in [1.165, 1.54) is 5.56 Å². The fourth-order valence-electron chi connectivity index (χ4n) is 2.35. The molecule has 0 aromatic heterocycles. The van der Waals surface area contributed by atoms with Gasteiger partial charge in [0.25, 0.3) is 0 Å². The van der Waals surface area contributed by atoms with Crippen molar-refractivity contribution in [2.24, 2.45) is 5.41 Å². The van der Waals surface area contributed by atoms with Gasteiger partial charge in [0.2, 0.25) is 0 Å². The summed E-state index contributed by atoms with van der Waals surface area (Å²) in [5.41, 5.74) is 1.14. The van der Waals surface area contributed by atoms with Crippen LogP contribution in [-0.4, -0.2) is 31.5 Å². The molecule has 0 radical (unpaired) electrons. The first kappa shape index (κ1) is 16.0. The molecule has 2 unspecified atom stereocenters. The highest BCUT2D eigenvalue weighted by Crippen LogP contribution is 2.26. The summed E-state index contributed by atoms with van der Waals surface area (Å²) in [6, 6.07) is 7.95. The maximum absolute atomic E-state index is 10.3. The van der Waals surface area contributed by atoms with Crippen LogP contribution in [-0.2, 0) is 11.2 Å². The van der Waals surface area contributed by atoms with Crippen LogP contribution in [0.25, 0.3) is 0 Å². The summed E-state index contributed by atoms with van der Waals surface area (Å²) in [5, 5.41) is 10.3. The van der Waals surface area contributed by atoms with Crippen LogP contribution in [0.4, 0.5) is 0 Å². The molecule has 1 aromatic carbocycles. The summed E-state index contributed by atoms with van der Waals surface area (Å²) in [5.74, 6) is 0.855. The highest BCUT2D eigenvalue weighted by molar-refractivity contribution is 5.27. The highest BCUT2D eigenvalue weighted by Gasteiger charge is 2.30. The first-order chi connectivity index (χ1) is 8.88. The quantitative estimate of drug-likeness (QED) is 0.860. The van der Waals surface area contributed by atoms with Crippen molar-refractivity contribution in [1.82, 2.24) is 0 Å². The van der Waals surface area contributed by atoms with Crippen molar-refractivity contribution in [3.05, 3.63) is 29.8 Å². The molecule has 1 aromatic rings. The molecule has 0 saturated carbocycles. The first-order valence-corrected chi connectivity index (χ1v) is 6.72. The zero-order valence-corrected chi connectivity index (χ0v) is 12.6. The second-order valence-corrected chi connectivity index (χ2v) is 5.98. The minimum Gasteiger partial charge on any atom is -0.497 e. The van der Waals surface area contributed by atoms with Gasteiger partial charge in [-0.15, -0.1) is 0 Å². The van der Waals surface area contributed by atoms with E-state index in [1.807, 2.05) is 24.3 Å². The lowest BCUT2D eigenvalue weighted by atomic mass is 9.84. The standard InChI is InChI=1S/C16H26O3/c1-16(2,3)15(19-5)14(17)11-8-12-6-9-13(18-4)10-7-12/h6-7,9-10,14-15,17H,8,11H2,1-5H3. The summed E-state index contributed by atoms with van der Waals surface area (Å²) in [4.78, 5) is 0. The predicted octanol–water partition coefficient (Wildman–Crippen LogP) is 3.05. The molecule has 0 aliphatic rings. The molecule has 0 fully saturated rings. The fourth-order valence-corrected chi connectivity index (χ4v) is 2.35. The minimum absolute atomic E-state index is 0.0614. The van der Waals surface area contributed by atoms with Gasteiger partial charge in [-0.2, -0.15) is 0 Å². The summed E-state index contributed by atoms with van der Waals surface area (Å²) in [7, 11) is 3.32. The van der Waals surface area contributed by atoms with E-state index in [2.05, 4.69) is 20.8 Å². The molecule has 3 nitrogen and oxygen atoms in total. The molecular weight excluding hydrogens is 240 g/mol. The molecule has 1 rings (SSSR count). The number of rotatable bonds is 6. The Labute approximate surface area is 116 Å². The molecule has 2 atom stereocenters. The Hall–Kier alpha value is -1.06. The molecule has 0 aliphatic carbocycles. The number of hydrogen-bond donors (Lipinski definition) is 1. The van der Waals surface area contributed by atoms with Gasteiger partial charge >= 0.3 is 0 Å². The SMILES string of the molecule is COc1ccc(CCC(O)C(OC)C(C)(C)C)cc1. The van der Waals surface area contributed by atoms with E-state index in [9.17, 15) is 5.11 Å². The van der Waals surface area contributed by atoms with Crippen molar-refractivity contribution in [2.75, 3.05) is 14.2 Å². The lowest BCUT2D eigenvalue weighted by Gasteiger charge is -2.33. The zero-order valence-electron chi connectivity index (χ0n) is 12.6. The monoisotopic (exact) mass is 266 g/mol. The van der Waals surface area contributed by atoms with Crippen LogP contribution in [0.3, 0.4) is 0 Å². The van der Waals surface area contributed by atoms with E-state index in [0.717, 1.165) is 12.2 Å². The number of aliphatic hydroxyl groups excluding tert-OH is 1. The third-order valence-corrected chi connectivity index (χ3v) is 3.34. The third kappa shape index (κ3) is 4.84. The molecule has 0 aliphatic heterocycles. The summed E-state index contributed by atoms with van der Waals surface area (Å²) in [6.45, 7) is 6.24. The van der Waals surface area contributed by atoms with Crippen LogP contribution in [0.1, 0.15) is 32.8 Å². The fraction of sp³-hybridized carbons (Fsp3) is 0.625. The molecule has 0 spiro atoms. The Balaban J connectivity index is 2.55. The highest BCUT2D eigenvalue weighted by atomic mass is 16.5. The van der Waals surface area contributed by atoms with Crippen LogP contribution in [0.2, 0.25) is 0 Å². The molecule has 0 bridgehead atoms. The van der Waals surface area contributed by atoms with Crippen LogP contribution in [0.15, 0.2) is 24.3 Å². The summed E-state index contributed by atoms with van der Waals surface area (Å²) in [6.07, 6.45) is 0.932. The number of ether oxygens (including phenoxy) is 2. The lowest BCUT2D eigenvalue weighted by Crippen LogP contribution is -2.39. The number of methoxy groups -OCH3 is 2. The molecule has 19 heavy (non-hydrogen) atoms. The van der Waals surface area contributed by atoms with E-state index < -0.39 is 6.10 Å². The van der Waals surface area contributed by atoms with Crippen molar-refractivity contribution < 1.29 is 14.6 Å². The normalized spacial score (nSPS) is 15.1. The number of hydrogen-bond acceptors (Lipinski definition) is 3. The second-order valence-electron chi connectivity index (χ2n) is 5.98. The number of benzene rings is 1. The smallest absolute Gasteiger partial charge is 0.118 e. The van der Waals surface area contributed by atoms with Gasteiger partial charge in [-0.1, -0.05) is 32.9 Å². The molecule has 0 amide bonds. The van der Waals surface area contributed by atoms with Gasteiger partial charge in [0, 0.05) is 7.11 Å². The van der Waals surface area contributed by atoms with E-state index in [4.69, 9.17) is 9.47 Å². The van der Waals surface area contributed by atoms with E-state index in [0.29, 0.717) is 6.42 Å². The van der Waals surface area contributed by atoms with Crippen molar-refractivity contribution in [3.63, 3.8) is 0 Å². The Bertz CT molecular complexity index is 365. The zero-order chi connectivity index (χ0) is 14.5. The topological polar surface area (TPSA) is 38.7 Å². The molecule has 0 saturated heterocycles. The van der Waals surface area contributed by atoms with Gasteiger partial charge in [-0.3, -0.25) is 0 Å². The average Bonchev–Trinajstić information content (AvgIpc) is 2.36. The van der Waals surface area contributed by atoms with Crippen LogP contribution in [0.5, 0.6) is 5.75 Å². The van der Waals surface area contributed by atoms with Crippen molar-refractivity contribution in [2.45, 2.75) is 45.8 Å². The predicted molar refractivity (Wildman–Crippen MR) is 77.6 cm³/mol. The van der Waals surface area contributed by atoms with Crippen LogP contribution >= 0.6 is 0 Å². The summed E-state index contributed by atoms with van der Waals surface area (Å²) >= 11 is 0. The molecule has 3 heteroatoms. The number of aliphatic hydroxyl groups is 1. The van der Waals surface area contributed by atoms with Gasteiger partial charge in [0.15, 0.2) is 0 Å². The number of aryl methyl sites for hydroxylation is 1. The average molecular weight is 266 g/mol. The van der Waals surface area contributed by atoms with E-state index in [1.54, 1.807) is 14.2 Å². The van der Waals surface area contributed by atoms with Gasteiger partial charge in [0.05, 0.1) is 19.3 Å². The van der Waals surface area contributed by atoms with Crippen molar-refractivity contribution in [3.8, 4) is 5.75 Å². The van der Waals surface area contributed by atoms with Gasteiger partial charge in [0.1, 0.15) is 5.75 Å². The maximum atomic E-state index is 10.3. The minimum atomic E-state index is -0.452. The molecule has 108 valence electrons. The first-order valence-electron chi connectivity index (χ1n) is 6.72. The Morgan fingerprint density at radius 3 is 2.11 bits per heavy atom. The van der Waals surface area contributed by atoms with Gasteiger partial charge < -0.3 is 14.6 Å². The lowest BCUT2D eigenvalue weighted by molar-refractivity contribution is -0.0729. The Kier molecular flexibility index (Phi) is 5.83. The van der Waals surface area contributed by atoms with E-state index >= 15 is 0 Å². The van der Waals surface area contributed by atoms with Crippen LogP contribution < -0.4 is 4.74 Å². The maximum Gasteiger partial charge on any atom is 0.118 e. The Morgan fingerprint density at radius 2 is 1.68 bits per heavy atom. The summed E-state index contributed by atoms with van der Waals surface area (Å²) < 4.78 is 10.6. The van der Waals surface area contributed by atoms with E-state index in [-0.39, 0.29) is 11.5 Å². The molecule has 0 heterocycles. The third-order valence-electron chi connectivity index (χ3n) is 3.34. The Morgan fingerprint density at radius 1 is 1.11 bits per heavy atom. The van der Waals surface area contributed by atoms with Crippen molar-refractivity contribution in [1.29, 1.82) is 0 Å². The largest absolute Gasteiger partial charge is 0.497 e. The van der Waals surface area contributed by atoms with Crippen molar-refractivity contribution >= 4 is 0 Å². The van der Waals surface area contributed by atoms with Gasteiger partial charge in [-0.25, -0.2) is 0 Å².